The van der Waals surface area contributed by atoms with Crippen molar-refractivity contribution in [2.24, 2.45) is 11.8 Å². The normalized spacial score (nSPS) is 28.7. The molecule has 1 aromatic rings. The number of hydrogen-bond acceptors (Lipinski definition) is 4. The highest BCUT2D eigenvalue weighted by molar-refractivity contribution is 5.20. The summed E-state index contributed by atoms with van der Waals surface area (Å²) in [5.41, 5.74) is 0.135. The molecule has 156 valence electrons. The largest absolute Gasteiger partial charge is 0.352 e. The van der Waals surface area contributed by atoms with Crippen molar-refractivity contribution in [3.63, 3.8) is 0 Å². The van der Waals surface area contributed by atoms with E-state index in [1.165, 1.54) is 0 Å². The van der Waals surface area contributed by atoms with Crippen molar-refractivity contribution in [2.75, 3.05) is 26.4 Å². The summed E-state index contributed by atoms with van der Waals surface area (Å²) in [4.78, 5) is 0. The van der Waals surface area contributed by atoms with Gasteiger partial charge in [-0.2, -0.15) is 0 Å². The fraction of sp³-hybridized carbons (Fsp3) is 0.619. The van der Waals surface area contributed by atoms with Crippen molar-refractivity contribution in [2.45, 2.75) is 45.2 Å². The van der Waals surface area contributed by atoms with E-state index >= 15 is 0 Å². The first-order valence-electron chi connectivity index (χ1n) is 9.84. The Hall–Kier alpha value is -1.41. The van der Waals surface area contributed by atoms with Gasteiger partial charge < -0.3 is 18.9 Å². The molecule has 0 atom stereocenters. The second-order valence-corrected chi connectivity index (χ2v) is 7.31. The van der Waals surface area contributed by atoms with E-state index in [0.29, 0.717) is 32.3 Å². The van der Waals surface area contributed by atoms with Gasteiger partial charge in [0, 0.05) is 17.4 Å². The van der Waals surface area contributed by atoms with E-state index in [2.05, 4.69) is 19.1 Å². The van der Waals surface area contributed by atoms with Gasteiger partial charge in [-0.15, -0.1) is 0 Å². The van der Waals surface area contributed by atoms with Crippen molar-refractivity contribution in [1.82, 2.24) is 0 Å². The van der Waals surface area contributed by atoms with E-state index < -0.39 is 23.7 Å². The lowest BCUT2D eigenvalue weighted by molar-refractivity contribution is -0.217. The van der Waals surface area contributed by atoms with Crippen LogP contribution in [0.25, 0.3) is 0 Å². The van der Waals surface area contributed by atoms with E-state index in [1.54, 1.807) is 0 Å². The maximum absolute atomic E-state index is 13.4. The quantitative estimate of drug-likeness (QED) is 0.482. The van der Waals surface area contributed by atoms with E-state index in [0.717, 1.165) is 37.8 Å². The lowest BCUT2D eigenvalue weighted by atomic mass is 10.0. The molecule has 0 bridgehead atoms. The molecule has 2 aliphatic rings. The molecule has 4 nitrogen and oxygen atoms in total. The zero-order valence-electron chi connectivity index (χ0n) is 16.0. The number of ether oxygens (including phenoxy) is 4. The van der Waals surface area contributed by atoms with Crippen LogP contribution in [0.1, 0.15) is 44.5 Å². The van der Waals surface area contributed by atoms with Crippen molar-refractivity contribution in [3.8, 4) is 0 Å². The van der Waals surface area contributed by atoms with Crippen molar-refractivity contribution < 1.29 is 32.1 Å². The van der Waals surface area contributed by atoms with Gasteiger partial charge in [0.05, 0.1) is 26.4 Å². The molecule has 2 aliphatic heterocycles. The van der Waals surface area contributed by atoms with Crippen LogP contribution in [0.5, 0.6) is 0 Å². The van der Waals surface area contributed by atoms with Crippen molar-refractivity contribution in [1.29, 1.82) is 0 Å². The first-order chi connectivity index (χ1) is 13.6. The molecule has 2 saturated heterocycles. The molecule has 3 rings (SSSR count). The molecule has 0 N–H and O–H groups in total. The monoisotopic (exact) mass is 400 g/mol. The summed E-state index contributed by atoms with van der Waals surface area (Å²) in [6, 6.07) is 1.80. The SMILES string of the molecule is CCCC=C[C@H]1CO[C@H](CC[C@H]2CO[C@H](c3cc(F)c(F)c(F)c3)OC2)OC1. The Labute approximate surface area is 163 Å². The smallest absolute Gasteiger partial charge is 0.194 e. The molecule has 7 heteroatoms. The average molecular weight is 400 g/mol. The first-order valence-corrected chi connectivity index (χ1v) is 9.84. The second-order valence-electron chi connectivity index (χ2n) is 7.31. The molecule has 0 unspecified atom stereocenters. The van der Waals surface area contributed by atoms with Gasteiger partial charge >= 0.3 is 0 Å². The minimum atomic E-state index is -1.49. The van der Waals surface area contributed by atoms with E-state index in [9.17, 15) is 13.2 Å². The third-order valence-electron chi connectivity index (χ3n) is 4.91. The number of allylic oxidation sites excluding steroid dienone is 1. The predicted octanol–water partition coefficient (Wildman–Crippen LogP) is 4.89. The minimum absolute atomic E-state index is 0.135. The molecule has 0 aliphatic carbocycles. The molecular formula is C21H27F3O4. The highest BCUT2D eigenvalue weighted by atomic mass is 19.2. The van der Waals surface area contributed by atoms with Gasteiger partial charge in [0.25, 0.3) is 0 Å². The molecular weight excluding hydrogens is 373 g/mol. The first kappa shape index (κ1) is 21.3. The maximum atomic E-state index is 13.4. The summed E-state index contributed by atoms with van der Waals surface area (Å²) < 4.78 is 62.4. The summed E-state index contributed by atoms with van der Waals surface area (Å²) in [6.45, 7) is 4.24. The maximum Gasteiger partial charge on any atom is 0.194 e. The Morgan fingerprint density at radius 2 is 1.57 bits per heavy atom. The highest BCUT2D eigenvalue weighted by Gasteiger charge is 2.27. The van der Waals surface area contributed by atoms with E-state index in [-0.39, 0.29) is 17.8 Å². The molecule has 0 amide bonds. The minimum Gasteiger partial charge on any atom is -0.352 e. The van der Waals surface area contributed by atoms with Gasteiger partial charge in [-0.1, -0.05) is 25.5 Å². The number of rotatable bonds is 7. The predicted molar refractivity (Wildman–Crippen MR) is 96.9 cm³/mol. The average Bonchev–Trinajstić information content (AvgIpc) is 2.71. The van der Waals surface area contributed by atoms with Crippen molar-refractivity contribution in [3.05, 3.63) is 47.3 Å². The summed E-state index contributed by atoms with van der Waals surface area (Å²) in [6.07, 6.45) is 6.93. The van der Waals surface area contributed by atoms with Crippen LogP contribution in [0.15, 0.2) is 24.3 Å². The zero-order chi connectivity index (χ0) is 19.9. The highest BCUT2D eigenvalue weighted by Crippen LogP contribution is 2.29. The zero-order valence-corrected chi connectivity index (χ0v) is 16.0. The number of unbranched alkanes of at least 4 members (excludes halogenated alkanes) is 1. The van der Waals surface area contributed by atoms with Crippen LogP contribution in [0.4, 0.5) is 13.2 Å². The fourth-order valence-electron chi connectivity index (χ4n) is 3.28. The Balaban J connectivity index is 1.37. The molecule has 0 spiro atoms. The molecule has 0 radical (unpaired) electrons. The lowest BCUT2D eigenvalue weighted by Crippen LogP contribution is -2.33. The van der Waals surface area contributed by atoms with Crippen LogP contribution < -0.4 is 0 Å². The lowest BCUT2D eigenvalue weighted by Gasteiger charge is -2.32. The molecule has 1 aromatic carbocycles. The summed E-state index contributed by atoms with van der Waals surface area (Å²) >= 11 is 0. The van der Waals surface area contributed by atoms with Crippen LogP contribution in [0, 0.1) is 29.3 Å². The van der Waals surface area contributed by atoms with Gasteiger partial charge in [-0.25, -0.2) is 13.2 Å². The molecule has 0 aromatic heterocycles. The summed E-state index contributed by atoms with van der Waals surface area (Å²) in [7, 11) is 0. The second kappa shape index (κ2) is 10.4. The van der Waals surface area contributed by atoms with Crippen molar-refractivity contribution >= 4 is 0 Å². The Bertz CT molecular complexity index is 628. The van der Waals surface area contributed by atoms with E-state index in [1.807, 2.05) is 0 Å². The number of hydrogen-bond donors (Lipinski definition) is 0. The van der Waals surface area contributed by atoms with Gasteiger partial charge in [-0.3, -0.25) is 0 Å². The summed E-state index contributed by atoms with van der Waals surface area (Å²) in [5, 5.41) is 0. The molecule has 2 fully saturated rings. The van der Waals surface area contributed by atoms with Crippen LogP contribution in [0.3, 0.4) is 0 Å². The van der Waals surface area contributed by atoms with Crippen LogP contribution in [-0.4, -0.2) is 32.7 Å². The molecule has 2 heterocycles. The Morgan fingerprint density at radius 3 is 2.18 bits per heavy atom. The van der Waals surface area contributed by atoms with Gasteiger partial charge in [0.1, 0.15) is 0 Å². The summed E-state index contributed by atoms with van der Waals surface area (Å²) in [5.74, 6) is -3.55. The Kier molecular flexibility index (Phi) is 7.91. The topological polar surface area (TPSA) is 36.9 Å². The third kappa shape index (κ3) is 5.80. The van der Waals surface area contributed by atoms with Gasteiger partial charge in [0.2, 0.25) is 0 Å². The van der Waals surface area contributed by atoms with Crippen LogP contribution >= 0.6 is 0 Å². The standard InChI is InChI=1S/C21H27F3O4/c1-2-3-4-5-14-10-25-19(26-11-14)7-6-15-12-27-21(28-13-15)16-8-17(22)20(24)18(23)9-16/h4-5,8-9,14-15,19,21H,2-3,6-7,10-13H2,1H3/t14-,15-,19-,21-. The van der Waals surface area contributed by atoms with Crippen LogP contribution in [-0.2, 0) is 18.9 Å². The van der Waals surface area contributed by atoms with Gasteiger partial charge in [-0.05, 0) is 31.4 Å². The molecule has 28 heavy (non-hydrogen) atoms. The van der Waals surface area contributed by atoms with E-state index in [4.69, 9.17) is 18.9 Å². The Morgan fingerprint density at radius 1 is 0.929 bits per heavy atom. The fourth-order valence-corrected chi connectivity index (χ4v) is 3.28. The number of halogens is 3. The van der Waals surface area contributed by atoms with Crippen LogP contribution in [0.2, 0.25) is 0 Å². The number of benzene rings is 1. The molecule has 0 saturated carbocycles. The third-order valence-corrected chi connectivity index (χ3v) is 4.91. The van der Waals surface area contributed by atoms with Gasteiger partial charge in [0.15, 0.2) is 30.0 Å².